The molecule has 3 saturated heterocycles. The second-order valence-corrected chi connectivity index (χ2v) is 15.5. The number of imide groups is 2. The van der Waals surface area contributed by atoms with E-state index in [9.17, 15) is 28.8 Å². The molecule has 1 unspecified atom stereocenters. The second kappa shape index (κ2) is 15.5. The van der Waals surface area contributed by atoms with Crippen LogP contribution in [0.1, 0.15) is 81.0 Å². The van der Waals surface area contributed by atoms with Crippen molar-refractivity contribution in [3.63, 3.8) is 0 Å². The zero-order chi connectivity index (χ0) is 40.8. The van der Waals surface area contributed by atoms with Gasteiger partial charge in [0.05, 0.1) is 52.0 Å². The maximum atomic E-state index is 13.3. The van der Waals surface area contributed by atoms with Crippen LogP contribution in [0.4, 0.5) is 17.1 Å². The highest BCUT2D eigenvalue weighted by Gasteiger charge is 2.45. The lowest BCUT2D eigenvalue weighted by molar-refractivity contribution is -0.136. The minimum atomic E-state index is -1.00. The van der Waals surface area contributed by atoms with Gasteiger partial charge in [0.25, 0.3) is 23.3 Å². The first kappa shape index (κ1) is 37.8. The van der Waals surface area contributed by atoms with Gasteiger partial charge in [0, 0.05) is 75.9 Å². The Morgan fingerprint density at radius 3 is 2.32 bits per heavy atom. The van der Waals surface area contributed by atoms with Gasteiger partial charge in [0.2, 0.25) is 11.8 Å². The zero-order valence-corrected chi connectivity index (χ0v) is 32.5. The minimum absolute atomic E-state index is 0.0633. The Morgan fingerprint density at radius 1 is 0.814 bits per heavy atom. The Bertz CT molecular complexity index is 2550. The molecule has 3 N–H and O–H groups in total. The molecule has 59 heavy (non-hydrogen) atoms. The SMILES string of the molecule is CCc1cc2ncc(CN3CCN(c4ccc(C(=O)Nc5cnn(C6CCN(c7ccc8c(c7)C(=O)N(C7CCC(=O)NC7=O)C8=O)CC6)c5)nc4)CC3)cc2[nH]c1=O. The normalized spacial score (nSPS) is 19.1. The average Bonchev–Trinajstić information content (AvgIpc) is 3.82. The summed E-state index contributed by atoms with van der Waals surface area (Å²) in [6.07, 6.45) is 9.44. The first-order chi connectivity index (χ1) is 28.6. The van der Waals surface area contributed by atoms with Gasteiger partial charge >= 0.3 is 0 Å². The molecule has 4 aliphatic heterocycles. The lowest BCUT2D eigenvalue weighted by Gasteiger charge is -2.36. The number of aromatic nitrogens is 5. The van der Waals surface area contributed by atoms with Crippen molar-refractivity contribution in [1.29, 1.82) is 0 Å². The summed E-state index contributed by atoms with van der Waals surface area (Å²) in [7, 11) is 0. The number of amides is 5. The fraction of sp³-hybridized carbons (Fsp3) is 0.357. The molecule has 302 valence electrons. The zero-order valence-electron chi connectivity index (χ0n) is 32.5. The fourth-order valence-corrected chi connectivity index (χ4v) is 8.49. The third-order valence-electron chi connectivity index (χ3n) is 11.8. The summed E-state index contributed by atoms with van der Waals surface area (Å²) in [5.41, 5.74) is 6.41. The van der Waals surface area contributed by atoms with Crippen LogP contribution in [0.15, 0.2) is 72.0 Å². The number of carbonyl (C=O) groups excluding carboxylic acids is 5. The first-order valence-corrected chi connectivity index (χ1v) is 20.0. The number of nitrogens with one attached hydrogen (secondary N) is 3. The van der Waals surface area contributed by atoms with Crippen molar-refractivity contribution in [3.05, 3.63) is 106 Å². The maximum Gasteiger partial charge on any atom is 0.274 e. The Kier molecular flexibility index (Phi) is 9.96. The first-order valence-electron chi connectivity index (χ1n) is 20.0. The second-order valence-electron chi connectivity index (χ2n) is 15.5. The molecule has 5 amide bonds. The summed E-state index contributed by atoms with van der Waals surface area (Å²) in [5.74, 6) is -2.42. The van der Waals surface area contributed by atoms with Crippen molar-refractivity contribution in [2.45, 2.75) is 57.7 Å². The van der Waals surface area contributed by atoms with Gasteiger partial charge in [-0.3, -0.25) is 53.5 Å². The van der Waals surface area contributed by atoms with E-state index in [1.54, 1.807) is 30.6 Å². The summed E-state index contributed by atoms with van der Waals surface area (Å²) in [4.78, 5) is 95.7. The lowest BCUT2D eigenvalue weighted by atomic mass is 10.0. The number of pyridine rings is 3. The van der Waals surface area contributed by atoms with E-state index in [4.69, 9.17) is 0 Å². The van der Waals surface area contributed by atoms with Crippen LogP contribution in [0.2, 0.25) is 0 Å². The quantitative estimate of drug-likeness (QED) is 0.185. The smallest absolute Gasteiger partial charge is 0.274 e. The molecule has 8 heterocycles. The van der Waals surface area contributed by atoms with Gasteiger partial charge in [0.15, 0.2) is 0 Å². The highest BCUT2D eigenvalue weighted by Crippen LogP contribution is 2.33. The van der Waals surface area contributed by atoms with Gasteiger partial charge < -0.3 is 20.1 Å². The molecule has 9 rings (SSSR count). The van der Waals surface area contributed by atoms with Crippen LogP contribution in [0.3, 0.4) is 0 Å². The number of aromatic amines is 1. The van der Waals surface area contributed by atoms with E-state index < -0.39 is 29.7 Å². The van der Waals surface area contributed by atoms with E-state index >= 15 is 0 Å². The largest absolute Gasteiger partial charge is 0.371 e. The Hall–Kier alpha value is -6.75. The van der Waals surface area contributed by atoms with E-state index in [1.165, 1.54) is 0 Å². The van der Waals surface area contributed by atoms with E-state index in [1.807, 2.05) is 48.3 Å². The van der Waals surface area contributed by atoms with Crippen molar-refractivity contribution >= 4 is 57.6 Å². The van der Waals surface area contributed by atoms with Gasteiger partial charge in [-0.1, -0.05) is 6.92 Å². The van der Waals surface area contributed by atoms with E-state index in [-0.39, 0.29) is 41.5 Å². The molecule has 0 aliphatic carbocycles. The molecule has 3 fully saturated rings. The number of fused-ring (bicyclic) bond motifs is 2. The topological polar surface area (TPSA) is 199 Å². The van der Waals surface area contributed by atoms with Crippen molar-refractivity contribution in [3.8, 4) is 0 Å². The van der Waals surface area contributed by atoms with Gasteiger partial charge in [-0.2, -0.15) is 5.10 Å². The number of benzene rings is 1. The highest BCUT2D eigenvalue weighted by molar-refractivity contribution is 6.23. The molecule has 4 aromatic heterocycles. The molecule has 0 bridgehead atoms. The highest BCUT2D eigenvalue weighted by atomic mass is 16.2. The molecule has 0 spiro atoms. The van der Waals surface area contributed by atoms with Crippen LogP contribution < -0.4 is 26.0 Å². The predicted molar refractivity (Wildman–Crippen MR) is 217 cm³/mol. The van der Waals surface area contributed by atoms with Gasteiger partial charge in [-0.15, -0.1) is 0 Å². The fourth-order valence-electron chi connectivity index (χ4n) is 8.49. The molecule has 0 saturated carbocycles. The summed E-state index contributed by atoms with van der Waals surface area (Å²) >= 11 is 0. The number of piperidine rings is 2. The van der Waals surface area contributed by atoms with Gasteiger partial charge in [0.1, 0.15) is 11.7 Å². The number of hydrogen-bond donors (Lipinski definition) is 3. The summed E-state index contributed by atoms with van der Waals surface area (Å²) in [5, 5.41) is 9.68. The molecular formula is C42H43N11O6. The van der Waals surface area contributed by atoms with Crippen molar-refractivity contribution in [2.24, 2.45) is 0 Å². The van der Waals surface area contributed by atoms with Crippen molar-refractivity contribution in [1.82, 2.24) is 39.8 Å². The minimum Gasteiger partial charge on any atom is -0.371 e. The summed E-state index contributed by atoms with van der Waals surface area (Å²) in [6.45, 7) is 7.36. The number of hydrogen-bond acceptors (Lipinski definition) is 12. The lowest BCUT2D eigenvalue weighted by Crippen LogP contribution is -2.54. The standard InChI is InChI=1S/C42H43N11O6/c1-2-26-18-34-35(47-38(26)55)17-25(20-43-34)23-49-13-15-51(16-14-49)30-4-6-33(44-22-30)39(56)46-27-21-45-52(24-27)28-9-11-50(12-10-28)29-3-5-31-32(19-29)42(59)53(41(31)58)36-7-8-37(54)48-40(36)57/h3-6,17-22,24,28,36H,2,7-16,23H2,1H3,(H,46,56)(H,47,55)(H,48,54,57). The van der Waals surface area contributed by atoms with E-state index in [0.29, 0.717) is 30.9 Å². The van der Waals surface area contributed by atoms with Crippen LogP contribution in [-0.2, 0) is 22.6 Å². The Morgan fingerprint density at radius 2 is 1.58 bits per heavy atom. The molecule has 17 heteroatoms. The Balaban J connectivity index is 0.749. The molecule has 1 atom stereocenters. The molecule has 0 radical (unpaired) electrons. The molecule has 5 aromatic rings. The number of rotatable bonds is 9. The van der Waals surface area contributed by atoms with Crippen LogP contribution in [0.25, 0.3) is 11.0 Å². The molecule has 17 nitrogen and oxygen atoms in total. The maximum absolute atomic E-state index is 13.3. The van der Waals surface area contributed by atoms with Crippen molar-refractivity contribution in [2.75, 3.05) is 54.4 Å². The average molecular weight is 798 g/mol. The van der Waals surface area contributed by atoms with Crippen LogP contribution >= 0.6 is 0 Å². The predicted octanol–water partition coefficient (Wildman–Crippen LogP) is 2.89. The third-order valence-corrected chi connectivity index (χ3v) is 11.8. The van der Waals surface area contributed by atoms with Crippen LogP contribution in [-0.4, -0.2) is 109 Å². The van der Waals surface area contributed by atoms with Gasteiger partial charge in [-0.25, -0.2) is 4.98 Å². The molecule has 4 aliphatic rings. The van der Waals surface area contributed by atoms with E-state index in [2.05, 4.69) is 45.4 Å². The van der Waals surface area contributed by atoms with Crippen molar-refractivity contribution < 1.29 is 24.0 Å². The number of anilines is 3. The number of carbonyl (C=O) groups is 5. The number of aryl methyl sites for hydroxylation is 1. The molecular weight excluding hydrogens is 755 g/mol. The number of piperazine rings is 1. The molecule has 1 aromatic carbocycles. The number of nitrogens with zero attached hydrogens (tertiary/aromatic N) is 8. The monoisotopic (exact) mass is 797 g/mol. The summed E-state index contributed by atoms with van der Waals surface area (Å²) in [6, 6.07) is 11.8. The number of H-pyrrole nitrogens is 1. The third kappa shape index (κ3) is 7.44. The summed E-state index contributed by atoms with van der Waals surface area (Å²) < 4.78 is 1.87. The van der Waals surface area contributed by atoms with Crippen LogP contribution in [0, 0.1) is 0 Å². The van der Waals surface area contributed by atoms with Gasteiger partial charge in [-0.05, 0) is 73.7 Å². The van der Waals surface area contributed by atoms with E-state index in [0.717, 1.165) is 84.0 Å². The Labute approximate surface area is 338 Å². The van der Waals surface area contributed by atoms with Crippen LogP contribution in [0.5, 0.6) is 0 Å².